The standard InChI is InChI=1S/C26H30ClN5O2.C2H4O/c1-29(2)24-11-28-32(17-24)26(33)31-15-21-13-30(14-22(21)16-31)12-20-8-23(27)10-25(9-20)34-18-19-6-4-3-5-7-19;1-2-3/h3-11,17,21-22H,12-16,18H2,1-2H3;2H,1H3. The number of aldehydes is 1. The summed E-state index contributed by atoms with van der Waals surface area (Å²) < 4.78 is 7.45. The van der Waals surface area contributed by atoms with E-state index >= 15 is 0 Å². The Bertz CT molecular complexity index is 1190. The zero-order valence-electron chi connectivity index (χ0n) is 21.6. The number of benzene rings is 2. The maximum atomic E-state index is 12.9. The highest BCUT2D eigenvalue weighted by Crippen LogP contribution is 2.33. The van der Waals surface area contributed by atoms with Gasteiger partial charge in [-0.15, -0.1) is 0 Å². The van der Waals surface area contributed by atoms with Crippen molar-refractivity contribution in [3.8, 4) is 5.75 Å². The number of fused-ring (bicyclic) bond motifs is 1. The minimum atomic E-state index is -0.0379. The number of likely N-dealkylation sites (tertiary alicyclic amines) is 2. The molecule has 0 N–H and O–H groups in total. The molecule has 2 unspecified atom stereocenters. The molecule has 3 aromatic rings. The van der Waals surface area contributed by atoms with Gasteiger partial charge in [-0.05, 0) is 48.1 Å². The second-order valence-electron chi connectivity index (χ2n) is 9.74. The second-order valence-corrected chi connectivity index (χ2v) is 10.2. The van der Waals surface area contributed by atoms with Gasteiger partial charge in [0.05, 0.1) is 18.1 Å². The fraction of sp³-hybridized carbons (Fsp3) is 0.393. The van der Waals surface area contributed by atoms with Crippen LogP contribution in [0.5, 0.6) is 5.75 Å². The van der Waals surface area contributed by atoms with E-state index in [9.17, 15) is 4.79 Å². The van der Waals surface area contributed by atoms with Gasteiger partial charge in [0.1, 0.15) is 18.6 Å². The predicted molar refractivity (Wildman–Crippen MR) is 145 cm³/mol. The molecule has 1 aromatic heterocycles. The first-order chi connectivity index (χ1) is 17.9. The van der Waals surface area contributed by atoms with Crippen molar-refractivity contribution in [2.45, 2.75) is 20.1 Å². The SMILES string of the molecule is CC=O.CN(C)c1cnn(C(=O)N2CC3CN(Cc4cc(Cl)cc(OCc5ccccc5)c4)CC3C2)c1. The molecule has 3 heterocycles. The van der Waals surface area contributed by atoms with Gasteiger partial charge in [0.2, 0.25) is 0 Å². The zero-order chi connectivity index (χ0) is 26.4. The molecular weight excluding hydrogens is 490 g/mol. The monoisotopic (exact) mass is 523 g/mol. The Morgan fingerprint density at radius 1 is 1.08 bits per heavy atom. The van der Waals surface area contributed by atoms with E-state index in [0.29, 0.717) is 23.5 Å². The number of nitrogens with zero attached hydrogens (tertiary/aromatic N) is 5. The topological polar surface area (TPSA) is 70.9 Å². The molecular formula is C28H34ClN5O3. The molecule has 0 aliphatic carbocycles. The van der Waals surface area contributed by atoms with E-state index in [0.717, 1.165) is 61.6 Å². The molecule has 2 aliphatic rings. The molecule has 196 valence electrons. The summed E-state index contributed by atoms with van der Waals surface area (Å²) in [4.78, 5) is 28.0. The van der Waals surface area contributed by atoms with Gasteiger partial charge in [0, 0.05) is 51.8 Å². The Kier molecular flexibility index (Phi) is 8.84. The molecule has 8 nitrogen and oxygen atoms in total. The third-order valence-corrected chi connectivity index (χ3v) is 6.92. The number of anilines is 1. The summed E-state index contributed by atoms with van der Waals surface area (Å²) >= 11 is 6.39. The number of amides is 1. The second kappa shape index (κ2) is 12.3. The summed E-state index contributed by atoms with van der Waals surface area (Å²) in [5.74, 6) is 1.76. The van der Waals surface area contributed by atoms with Crippen LogP contribution in [0.4, 0.5) is 10.5 Å². The van der Waals surface area contributed by atoms with Crippen LogP contribution in [0.1, 0.15) is 18.1 Å². The lowest BCUT2D eigenvalue weighted by Crippen LogP contribution is -2.36. The third-order valence-electron chi connectivity index (χ3n) is 6.70. The van der Waals surface area contributed by atoms with Crippen LogP contribution >= 0.6 is 11.6 Å². The molecule has 0 radical (unpaired) electrons. The Morgan fingerprint density at radius 3 is 2.38 bits per heavy atom. The maximum absolute atomic E-state index is 12.9. The molecule has 2 saturated heterocycles. The lowest BCUT2D eigenvalue weighted by molar-refractivity contribution is -0.106. The van der Waals surface area contributed by atoms with E-state index in [2.05, 4.69) is 28.2 Å². The highest BCUT2D eigenvalue weighted by Gasteiger charge is 2.42. The summed E-state index contributed by atoms with van der Waals surface area (Å²) in [5.41, 5.74) is 3.20. The number of halogens is 1. The molecule has 1 amide bonds. The summed E-state index contributed by atoms with van der Waals surface area (Å²) in [5, 5.41) is 4.93. The van der Waals surface area contributed by atoms with Gasteiger partial charge in [-0.25, -0.2) is 4.79 Å². The number of hydrogen-bond donors (Lipinski definition) is 0. The van der Waals surface area contributed by atoms with Crippen molar-refractivity contribution in [1.29, 1.82) is 0 Å². The average Bonchev–Trinajstić information content (AvgIpc) is 3.59. The highest BCUT2D eigenvalue weighted by molar-refractivity contribution is 6.30. The van der Waals surface area contributed by atoms with E-state index in [1.54, 1.807) is 12.4 Å². The van der Waals surface area contributed by atoms with E-state index in [1.165, 1.54) is 11.6 Å². The molecule has 0 bridgehead atoms. The predicted octanol–water partition coefficient (Wildman–Crippen LogP) is 4.42. The van der Waals surface area contributed by atoms with Crippen LogP contribution in [0.15, 0.2) is 60.9 Å². The molecule has 0 saturated carbocycles. The molecule has 2 fully saturated rings. The van der Waals surface area contributed by atoms with Crippen molar-refractivity contribution >= 4 is 29.6 Å². The highest BCUT2D eigenvalue weighted by atomic mass is 35.5. The van der Waals surface area contributed by atoms with Crippen molar-refractivity contribution in [2.75, 3.05) is 45.2 Å². The van der Waals surface area contributed by atoms with Gasteiger partial charge in [0.15, 0.2) is 0 Å². The van der Waals surface area contributed by atoms with E-state index < -0.39 is 0 Å². The van der Waals surface area contributed by atoms with Crippen molar-refractivity contribution in [2.24, 2.45) is 11.8 Å². The number of ether oxygens (including phenoxy) is 1. The van der Waals surface area contributed by atoms with Crippen molar-refractivity contribution in [1.82, 2.24) is 19.6 Å². The minimum absolute atomic E-state index is 0.0379. The van der Waals surface area contributed by atoms with Crippen molar-refractivity contribution < 1.29 is 14.3 Å². The van der Waals surface area contributed by atoms with E-state index in [4.69, 9.17) is 21.1 Å². The molecule has 2 aliphatic heterocycles. The smallest absolute Gasteiger partial charge is 0.344 e. The number of rotatable bonds is 6. The summed E-state index contributed by atoms with van der Waals surface area (Å²) in [7, 11) is 3.89. The first-order valence-electron chi connectivity index (χ1n) is 12.5. The Balaban J connectivity index is 0.00000102. The Hall–Kier alpha value is -3.36. The van der Waals surface area contributed by atoms with Crippen LogP contribution < -0.4 is 9.64 Å². The largest absolute Gasteiger partial charge is 0.489 e. The van der Waals surface area contributed by atoms with Crippen LogP contribution in [0.3, 0.4) is 0 Å². The molecule has 2 aromatic carbocycles. The lowest BCUT2D eigenvalue weighted by Gasteiger charge is -2.22. The van der Waals surface area contributed by atoms with Crippen LogP contribution in [-0.2, 0) is 17.9 Å². The molecule has 37 heavy (non-hydrogen) atoms. The third kappa shape index (κ3) is 6.90. The van der Waals surface area contributed by atoms with Gasteiger partial charge in [-0.2, -0.15) is 9.78 Å². The van der Waals surface area contributed by atoms with E-state index in [1.807, 2.05) is 54.2 Å². The first kappa shape index (κ1) is 26.7. The number of carbonyl (C=O) groups is 2. The number of aromatic nitrogens is 2. The van der Waals surface area contributed by atoms with Gasteiger partial charge >= 0.3 is 6.03 Å². The summed E-state index contributed by atoms with van der Waals surface area (Å²) in [6.45, 7) is 6.29. The molecule has 0 spiro atoms. The van der Waals surface area contributed by atoms with Crippen LogP contribution in [-0.4, -0.2) is 72.2 Å². The molecule has 9 heteroatoms. The van der Waals surface area contributed by atoms with Crippen molar-refractivity contribution in [3.63, 3.8) is 0 Å². The van der Waals surface area contributed by atoms with Gasteiger partial charge in [-0.3, -0.25) is 4.90 Å². The molecule has 2 atom stereocenters. The van der Waals surface area contributed by atoms with Crippen LogP contribution in [0.2, 0.25) is 5.02 Å². The Morgan fingerprint density at radius 2 is 1.76 bits per heavy atom. The van der Waals surface area contributed by atoms with Crippen LogP contribution in [0, 0.1) is 11.8 Å². The Labute approximate surface area is 223 Å². The fourth-order valence-electron chi connectivity index (χ4n) is 4.96. The van der Waals surface area contributed by atoms with Crippen molar-refractivity contribution in [3.05, 3.63) is 77.1 Å². The molecule has 5 rings (SSSR count). The maximum Gasteiger partial charge on any atom is 0.344 e. The summed E-state index contributed by atoms with van der Waals surface area (Å²) in [6, 6.07) is 16.1. The number of hydrogen-bond acceptors (Lipinski definition) is 6. The zero-order valence-corrected chi connectivity index (χ0v) is 22.3. The lowest BCUT2D eigenvalue weighted by atomic mass is 10.0. The minimum Gasteiger partial charge on any atom is -0.489 e. The number of carbonyl (C=O) groups excluding carboxylic acids is 2. The van der Waals surface area contributed by atoms with Gasteiger partial charge < -0.3 is 19.3 Å². The van der Waals surface area contributed by atoms with Gasteiger partial charge in [0.25, 0.3) is 0 Å². The summed E-state index contributed by atoms with van der Waals surface area (Å²) in [6.07, 6.45) is 4.26. The quantitative estimate of drug-likeness (QED) is 0.445. The normalized spacial score (nSPS) is 18.6. The van der Waals surface area contributed by atoms with Crippen LogP contribution in [0.25, 0.3) is 0 Å². The first-order valence-corrected chi connectivity index (χ1v) is 12.8. The fourth-order valence-corrected chi connectivity index (χ4v) is 5.21. The van der Waals surface area contributed by atoms with E-state index in [-0.39, 0.29) is 6.03 Å². The average molecular weight is 524 g/mol. The van der Waals surface area contributed by atoms with Gasteiger partial charge in [-0.1, -0.05) is 41.9 Å².